The minimum absolute atomic E-state index is 0.228. The summed E-state index contributed by atoms with van der Waals surface area (Å²) in [6.07, 6.45) is 8.55. The number of carbonyl (C=O) groups excluding carboxylic acids is 1. The summed E-state index contributed by atoms with van der Waals surface area (Å²) in [5, 5.41) is 3.36. The molecule has 0 unspecified atom stereocenters. The second-order valence-corrected chi connectivity index (χ2v) is 5.05. The third kappa shape index (κ3) is 2.85. The molecule has 90 valence electrons. The number of nitrogens with one attached hydrogen (secondary N) is 1. The molecule has 1 saturated heterocycles. The summed E-state index contributed by atoms with van der Waals surface area (Å²) in [6.45, 7) is 3.16. The average Bonchev–Trinajstić information content (AvgIpc) is 2.83. The Kier molecular flexibility index (Phi) is 3.99. The van der Waals surface area contributed by atoms with Gasteiger partial charge in [0, 0.05) is 19.5 Å². The minimum Gasteiger partial charge on any atom is -0.345 e. The molecule has 1 heterocycles. The van der Waals surface area contributed by atoms with E-state index in [4.69, 9.17) is 0 Å². The third-order valence-electron chi connectivity index (χ3n) is 3.72. The van der Waals surface area contributed by atoms with Gasteiger partial charge in [0.05, 0.1) is 0 Å². The zero-order valence-electron chi connectivity index (χ0n) is 10.1. The summed E-state index contributed by atoms with van der Waals surface area (Å²) in [4.78, 5) is 14.0. The molecule has 1 amide bonds. The van der Waals surface area contributed by atoms with Crippen LogP contribution in [0.4, 0.5) is 0 Å². The summed E-state index contributed by atoms with van der Waals surface area (Å²) < 4.78 is 0. The van der Waals surface area contributed by atoms with Crippen molar-refractivity contribution in [2.75, 3.05) is 26.7 Å². The molecular weight excluding hydrogens is 200 g/mol. The van der Waals surface area contributed by atoms with E-state index >= 15 is 0 Å². The topological polar surface area (TPSA) is 32.3 Å². The van der Waals surface area contributed by atoms with Crippen molar-refractivity contribution in [3.63, 3.8) is 0 Å². The highest BCUT2D eigenvalue weighted by Gasteiger charge is 2.24. The second kappa shape index (κ2) is 5.48. The molecule has 0 aromatic heterocycles. The number of carbonyl (C=O) groups is 1. The molecule has 0 bridgehead atoms. The van der Waals surface area contributed by atoms with Crippen molar-refractivity contribution >= 4 is 5.91 Å². The van der Waals surface area contributed by atoms with Crippen molar-refractivity contribution in [3.8, 4) is 0 Å². The van der Waals surface area contributed by atoms with Crippen molar-refractivity contribution in [1.29, 1.82) is 0 Å². The average molecular weight is 222 g/mol. The highest BCUT2D eigenvalue weighted by atomic mass is 16.2. The number of allylic oxidation sites excluding steroid dienone is 2. The van der Waals surface area contributed by atoms with Crippen LogP contribution in [0.3, 0.4) is 0 Å². The molecule has 0 aromatic carbocycles. The van der Waals surface area contributed by atoms with Gasteiger partial charge >= 0.3 is 0 Å². The molecule has 0 radical (unpaired) electrons. The predicted molar refractivity (Wildman–Crippen MR) is 65.1 cm³/mol. The van der Waals surface area contributed by atoms with Crippen LogP contribution in [0, 0.1) is 11.8 Å². The molecule has 3 nitrogen and oxygen atoms in total. The Morgan fingerprint density at radius 3 is 2.56 bits per heavy atom. The first-order chi connectivity index (χ1) is 7.77. The molecule has 1 aliphatic carbocycles. The van der Waals surface area contributed by atoms with E-state index < -0.39 is 0 Å². The Morgan fingerprint density at radius 1 is 1.31 bits per heavy atom. The number of hydrogen-bond acceptors (Lipinski definition) is 2. The first kappa shape index (κ1) is 11.6. The molecule has 0 atom stereocenters. The van der Waals surface area contributed by atoms with Crippen molar-refractivity contribution < 1.29 is 4.79 Å². The normalized spacial score (nSPS) is 22.6. The summed E-state index contributed by atoms with van der Waals surface area (Å²) in [6, 6.07) is 0. The second-order valence-electron chi connectivity index (χ2n) is 5.05. The van der Waals surface area contributed by atoms with E-state index in [1.807, 2.05) is 11.9 Å². The van der Waals surface area contributed by atoms with E-state index in [0.717, 1.165) is 32.5 Å². The zero-order chi connectivity index (χ0) is 11.4. The van der Waals surface area contributed by atoms with Crippen molar-refractivity contribution in [3.05, 3.63) is 12.2 Å². The van der Waals surface area contributed by atoms with Gasteiger partial charge in [0.15, 0.2) is 0 Å². The Hall–Kier alpha value is -0.830. The summed E-state index contributed by atoms with van der Waals surface area (Å²) in [7, 11) is 1.96. The Labute approximate surface area is 97.9 Å². The maximum absolute atomic E-state index is 12.1. The molecule has 3 heteroatoms. The molecule has 2 rings (SSSR count). The standard InChI is InChI=1S/C13H22N2O/c1-15(10-11-6-8-14-9-7-11)13(16)12-4-2-3-5-12/h2-3,11-12,14H,4-10H2,1H3. The van der Waals surface area contributed by atoms with E-state index in [-0.39, 0.29) is 5.92 Å². The fraction of sp³-hybridized carbons (Fsp3) is 0.769. The van der Waals surface area contributed by atoms with Crippen molar-refractivity contribution in [2.45, 2.75) is 25.7 Å². The van der Waals surface area contributed by atoms with E-state index in [1.165, 1.54) is 12.8 Å². The fourth-order valence-corrected chi connectivity index (χ4v) is 2.67. The Bertz CT molecular complexity index is 261. The van der Waals surface area contributed by atoms with Crippen LogP contribution in [-0.2, 0) is 4.79 Å². The molecule has 1 aliphatic heterocycles. The first-order valence-corrected chi connectivity index (χ1v) is 6.38. The monoisotopic (exact) mass is 222 g/mol. The predicted octanol–water partition coefficient (Wildman–Crippen LogP) is 1.41. The van der Waals surface area contributed by atoms with E-state index in [2.05, 4.69) is 17.5 Å². The smallest absolute Gasteiger partial charge is 0.226 e. The van der Waals surface area contributed by atoms with Gasteiger partial charge in [-0.2, -0.15) is 0 Å². The molecule has 1 fully saturated rings. The number of nitrogens with zero attached hydrogens (tertiary/aromatic N) is 1. The van der Waals surface area contributed by atoms with Crippen LogP contribution in [0.1, 0.15) is 25.7 Å². The van der Waals surface area contributed by atoms with Crippen LogP contribution in [0.15, 0.2) is 12.2 Å². The lowest BCUT2D eigenvalue weighted by molar-refractivity contribution is -0.134. The van der Waals surface area contributed by atoms with E-state index in [9.17, 15) is 4.79 Å². The SMILES string of the molecule is CN(CC1CCNCC1)C(=O)C1CC=CC1. The number of rotatable bonds is 3. The van der Waals surface area contributed by atoms with Gasteiger partial charge < -0.3 is 10.2 Å². The lowest BCUT2D eigenvalue weighted by Crippen LogP contribution is -2.39. The number of amides is 1. The van der Waals surface area contributed by atoms with Gasteiger partial charge in [0.2, 0.25) is 5.91 Å². The zero-order valence-corrected chi connectivity index (χ0v) is 10.1. The van der Waals surface area contributed by atoms with Crippen LogP contribution in [0.5, 0.6) is 0 Å². The van der Waals surface area contributed by atoms with Gasteiger partial charge in [0.1, 0.15) is 0 Å². The van der Waals surface area contributed by atoms with Gasteiger partial charge in [-0.25, -0.2) is 0 Å². The van der Waals surface area contributed by atoms with E-state index in [0.29, 0.717) is 11.8 Å². The highest BCUT2D eigenvalue weighted by molar-refractivity contribution is 5.79. The lowest BCUT2D eigenvalue weighted by Gasteiger charge is -2.29. The minimum atomic E-state index is 0.228. The molecular formula is C13H22N2O. The van der Waals surface area contributed by atoms with Crippen molar-refractivity contribution in [2.24, 2.45) is 11.8 Å². The molecule has 2 aliphatic rings. The third-order valence-corrected chi connectivity index (χ3v) is 3.72. The van der Waals surface area contributed by atoms with Crippen molar-refractivity contribution in [1.82, 2.24) is 10.2 Å². The van der Waals surface area contributed by atoms with Crippen LogP contribution in [0.25, 0.3) is 0 Å². The summed E-state index contributed by atoms with van der Waals surface area (Å²) in [5.74, 6) is 1.26. The molecule has 16 heavy (non-hydrogen) atoms. The number of piperidine rings is 1. The Balaban J connectivity index is 1.77. The molecule has 1 N–H and O–H groups in total. The number of hydrogen-bond donors (Lipinski definition) is 1. The highest BCUT2D eigenvalue weighted by Crippen LogP contribution is 2.21. The van der Waals surface area contributed by atoms with Crippen LogP contribution in [0.2, 0.25) is 0 Å². The molecule has 0 spiro atoms. The van der Waals surface area contributed by atoms with Gasteiger partial charge in [-0.1, -0.05) is 12.2 Å². The van der Waals surface area contributed by atoms with Gasteiger partial charge in [-0.3, -0.25) is 4.79 Å². The molecule has 0 aromatic rings. The van der Waals surface area contributed by atoms with Gasteiger partial charge in [-0.15, -0.1) is 0 Å². The van der Waals surface area contributed by atoms with Crippen LogP contribution < -0.4 is 5.32 Å². The van der Waals surface area contributed by atoms with E-state index in [1.54, 1.807) is 0 Å². The van der Waals surface area contributed by atoms with Crippen LogP contribution in [-0.4, -0.2) is 37.5 Å². The van der Waals surface area contributed by atoms with Crippen LogP contribution >= 0.6 is 0 Å². The summed E-state index contributed by atoms with van der Waals surface area (Å²) >= 11 is 0. The lowest BCUT2D eigenvalue weighted by atomic mass is 9.97. The maximum Gasteiger partial charge on any atom is 0.226 e. The fourth-order valence-electron chi connectivity index (χ4n) is 2.67. The summed E-state index contributed by atoms with van der Waals surface area (Å²) in [5.41, 5.74) is 0. The van der Waals surface area contributed by atoms with Gasteiger partial charge in [0.25, 0.3) is 0 Å². The first-order valence-electron chi connectivity index (χ1n) is 6.38. The quantitative estimate of drug-likeness (QED) is 0.732. The molecule has 0 saturated carbocycles. The Morgan fingerprint density at radius 2 is 1.94 bits per heavy atom. The van der Waals surface area contributed by atoms with Gasteiger partial charge in [-0.05, 0) is 44.7 Å². The largest absolute Gasteiger partial charge is 0.345 e. The maximum atomic E-state index is 12.1.